The Kier molecular flexibility index (Phi) is 6.11. The molecule has 0 spiro atoms. The maximum atomic E-state index is 12.7. The van der Waals surface area contributed by atoms with Crippen LogP contribution in [0, 0.1) is 19.8 Å². The third-order valence-corrected chi connectivity index (χ3v) is 6.10. The predicted octanol–water partition coefficient (Wildman–Crippen LogP) is 4.65. The van der Waals surface area contributed by atoms with E-state index in [0.717, 1.165) is 23.4 Å². The zero-order chi connectivity index (χ0) is 23.8. The number of nitrogens with one attached hydrogen (secondary N) is 2. The minimum absolute atomic E-state index is 0.0616. The normalized spacial score (nSPS) is 17.5. The zero-order valence-electron chi connectivity index (χ0n) is 20.0. The van der Waals surface area contributed by atoms with E-state index in [2.05, 4.69) is 37.5 Å². The fourth-order valence-corrected chi connectivity index (χ4v) is 4.10. The maximum Gasteiger partial charge on any atom is 0.244 e. The number of amides is 2. The second-order valence-electron chi connectivity index (χ2n) is 9.99. The summed E-state index contributed by atoms with van der Waals surface area (Å²) in [6.45, 7) is 10.3. The standard InChI is InChI=1S/C27H32N4O2/c1-17-11-12-22(18(2)13-17)31-24(15-23(30-31)27(3,4)5)29-25(32)16-28-26(33)21-14-20(21)19-9-7-6-8-10-19/h6-13,15,20-21H,14,16H2,1-5H3,(H,28,33)(H,29,32). The molecule has 2 amide bonds. The van der Waals surface area contributed by atoms with Crippen LogP contribution in [0.15, 0.2) is 54.6 Å². The van der Waals surface area contributed by atoms with E-state index < -0.39 is 0 Å². The third-order valence-electron chi connectivity index (χ3n) is 6.10. The highest BCUT2D eigenvalue weighted by molar-refractivity contribution is 5.95. The minimum Gasteiger partial charge on any atom is -0.347 e. The van der Waals surface area contributed by atoms with E-state index in [9.17, 15) is 9.59 Å². The monoisotopic (exact) mass is 444 g/mol. The Hall–Kier alpha value is -3.41. The van der Waals surface area contributed by atoms with Crippen molar-refractivity contribution in [3.63, 3.8) is 0 Å². The molecule has 1 saturated carbocycles. The number of carbonyl (C=O) groups is 2. The van der Waals surface area contributed by atoms with Crippen molar-refractivity contribution in [3.8, 4) is 5.69 Å². The fraction of sp³-hybridized carbons (Fsp3) is 0.370. The van der Waals surface area contributed by atoms with Gasteiger partial charge in [-0.05, 0) is 43.4 Å². The highest BCUT2D eigenvalue weighted by atomic mass is 16.2. The van der Waals surface area contributed by atoms with E-state index in [-0.39, 0.29) is 35.6 Å². The lowest BCUT2D eigenvalue weighted by atomic mass is 9.92. The van der Waals surface area contributed by atoms with Crippen LogP contribution < -0.4 is 10.6 Å². The largest absolute Gasteiger partial charge is 0.347 e. The molecule has 6 heteroatoms. The first-order chi connectivity index (χ1) is 15.6. The summed E-state index contributed by atoms with van der Waals surface area (Å²) in [5, 5.41) is 10.5. The Bertz CT molecular complexity index is 1170. The van der Waals surface area contributed by atoms with Crippen LogP contribution in [-0.2, 0) is 15.0 Å². The molecular formula is C27H32N4O2. The van der Waals surface area contributed by atoms with Crippen LogP contribution in [0.2, 0.25) is 0 Å². The molecule has 1 heterocycles. The number of hydrogen-bond acceptors (Lipinski definition) is 3. The van der Waals surface area contributed by atoms with E-state index in [1.165, 1.54) is 11.1 Å². The third kappa shape index (κ3) is 5.16. The molecule has 1 fully saturated rings. The second-order valence-corrected chi connectivity index (χ2v) is 9.99. The summed E-state index contributed by atoms with van der Waals surface area (Å²) >= 11 is 0. The van der Waals surface area contributed by atoms with Crippen molar-refractivity contribution < 1.29 is 9.59 Å². The van der Waals surface area contributed by atoms with Gasteiger partial charge in [-0.15, -0.1) is 0 Å². The molecule has 1 aromatic heterocycles. The molecule has 1 aliphatic carbocycles. The Balaban J connectivity index is 1.44. The summed E-state index contributed by atoms with van der Waals surface area (Å²) < 4.78 is 1.78. The van der Waals surface area contributed by atoms with E-state index in [1.54, 1.807) is 4.68 Å². The van der Waals surface area contributed by atoms with Crippen molar-refractivity contribution in [3.05, 3.63) is 77.0 Å². The van der Waals surface area contributed by atoms with Gasteiger partial charge in [0.15, 0.2) is 0 Å². The van der Waals surface area contributed by atoms with E-state index in [0.29, 0.717) is 5.82 Å². The van der Waals surface area contributed by atoms with Gasteiger partial charge in [-0.2, -0.15) is 5.10 Å². The van der Waals surface area contributed by atoms with Gasteiger partial charge in [-0.25, -0.2) is 4.68 Å². The average molecular weight is 445 g/mol. The van der Waals surface area contributed by atoms with Gasteiger partial charge in [-0.1, -0.05) is 68.8 Å². The number of aryl methyl sites for hydroxylation is 2. The molecule has 0 saturated heterocycles. The van der Waals surface area contributed by atoms with Crippen LogP contribution in [0.3, 0.4) is 0 Å². The SMILES string of the molecule is Cc1ccc(-n2nc(C(C)(C)C)cc2NC(=O)CNC(=O)C2CC2c2ccccc2)c(C)c1. The number of nitrogens with zero attached hydrogens (tertiary/aromatic N) is 2. The van der Waals surface area contributed by atoms with Gasteiger partial charge in [0.1, 0.15) is 5.82 Å². The van der Waals surface area contributed by atoms with Crippen LogP contribution >= 0.6 is 0 Å². The van der Waals surface area contributed by atoms with Crippen LogP contribution in [0.25, 0.3) is 5.69 Å². The summed E-state index contributed by atoms with van der Waals surface area (Å²) in [6.07, 6.45) is 0.825. The van der Waals surface area contributed by atoms with E-state index >= 15 is 0 Å². The quantitative estimate of drug-likeness (QED) is 0.581. The first kappa shape index (κ1) is 22.8. The highest BCUT2D eigenvalue weighted by Gasteiger charge is 2.43. The van der Waals surface area contributed by atoms with Gasteiger partial charge in [-0.3, -0.25) is 9.59 Å². The van der Waals surface area contributed by atoms with Gasteiger partial charge in [0, 0.05) is 17.4 Å². The van der Waals surface area contributed by atoms with Crippen molar-refractivity contribution in [2.75, 3.05) is 11.9 Å². The molecule has 4 rings (SSSR count). The molecule has 0 bridgehead atoms. The van der Waals surface area contributed by atoms with Crippen LogP contribution in [-0.4, -0.2) is 28.1 Å². The van der Waals surface area contributed by atoms with Crippen molar-refractivity contribution in [1.82, 2.24) is 15.1 Å². The molecule has 2 unspecified atom stereocenters. The highest BCUT2D eigenvalue weighted by Crippen LogP contribution is 2.47. The summed E-state index contributed by atoms with van der Waals surface area (Å²) in [4.78, 5) is 25.3. The lowest BCUT2D eigenvalue weighted by molar-refractivity contribution is -0.125. The molecule has 0 radical (unpaired) electrons. The van der Waals surface area contributed by atoms with E-state index in [1.807, 2.05) is 62.4 Å². The van der Waals surface area contributed by atoms with Crippen molar-refractivity contribution >= 4 is 17.6 Å². The number of carbonyl (C=O) groups excluding carboxylic acids is 2. The predicted molar refractivity (Wildman–Crippen MR) is 131 cm³/mol. The number of rotatable bonds is 6. The molecule has 172 valence electrons. The molecule has 2 N–H and O–H groups in total. The molecule has 1 aliphatic rings. The van der Waals surface area contributed by atoms with E-state index in [4.69, 9.17) is 5.10 Å². The average Bonchev–Trinajstić information content (AvgIpc) is 3.46. The van der Waals surface area contributed by atoms with Gasteiger partial charge in [0.05, 0.1) is 17.9 Å². The minimum atomic E-state index is -0.272. The van der Waals surface area contributed by atoms with Crippen molar-refractivity contribution in [2.45, 2.75) is 52.4 Å². The topological polar surface area (TPSA) is 76.0 Å². The number of benzene rings is 2. The van der Waals surface area contributed by atoms with Crippen molar-refractivity contribution in [2.24, 2.45) is 5.92 Å². The van der Waals surface area contributed by atoms with Crippen LogP contribution in [0.1, 0.15) is 55.5 Å². The molecule has 0 aliphatic heterocycles. The van der Waals surface area contributed by atoms with Gasteiger partial charge in [0.25, 0.3) is 0 Å². The Morgan fingerprint density at radius 1 is 1.06 bits per heavy atom. The molecule has 6 nitrogen and oxygen atoms in total. The molecule has 2 atom stereocenters. The summed E-state index contributed by atoms with van der Waals surface area (Å²) in [6, 6.07) is 18.1. The van der Waals surface area contributed by atoms with Crippen molar-refractivity contribution in [1.29, 1.82) is 0 Å². The van der Waals surface area contributed by atoms with Gasteiger partial charge < -0.3 is 10.6 Å². The van der Waals surface area contributed by atoms with Crippen LogP contribution in [0.5, 0.6) is 0 Å². The first-order valence-corrected chi connectivity index (χ1v) is 11.4. The Morgan fingerprint density at radius 2 is 1.79 bits per heavy atom. The molecule has 33 heavy (non-hydrogen) atoms. The zero-order valence-corrected chi connectivity index (χ0v) is 20.0. The smallest absolute Gasteiger partial charge is 0.244 e. The lowest BCUT2D eigenvalue weighted by Gasteiger charge is -2.14. The maximum absolute atomic E-state index is 12.7. The number of anilines is 1. The second kappa shape index (κ2) is 8.85. The van der Waals surface area contributed by atoms with Crippen LogP contribution in [0.4, 0.5) is 5.82 Å². The summed E-state index contributed by atoms with van der Waals surface area (Å²) in [7, 11) is 0. The number of aromatic nitrogens is 2. The van der Waals surface area contributed by atoms with Gasteiger partial charge >= 0.3 is 0 Å². The molecular weight excluding hydrogens is 412 g/mol. The van der Waals surface area contributed by atoms with Gasteiger partial charge in [0.2, 0.25) is 11.8 Å². The lowest BCUT2D eigenvalue weighted by Crippen LogP contribution is -2.34. The first-order valence-electron chi connectivity index (χ1n) is 11.4. The molecule has 3 aromatic rings. The number of hydrogen-bond donors (Lipinski definition) is 2. The summed E-state index contributed by atoms with van der Waals surface area (Å²) in [5.74, 6) is 0.437. The Morgan fingerprint density at radius 3 is 2.45 bits per heavy atom. The molecule has 2 aromatic carbocycles. The fourth-order valence-electron chi connectivity index (χ4n) is 4.10. The summed E-state index contributed by atoms with van der Waals surface area (Å²) in [5.41, 5.74) is 5.04. The Labute approximate surface area is 195 Å².